The van der Waals surface area contributed by atoms with E-state index in [0.717, 1.165) is 0 Å². The number of pyridine rings is 1. The molecule has 0 spiro atoms. The number of carboxylic acid groups (broad SMARTS) is 1. The van der Waals surface area contributed by atoms with Crippen LogP contribution < -0.4 is 5.56 Å². The van der Waals surface area contributed by atoms with Crippen LogP contribution in [0.15, 0.2) is 53.3 Å². The van der Waals surface area contributed by atoms with E-state index in [2.05, 4.69) is 4.98 Å². The van der Waals surface area contributed by atoms with Crippen LogP contribution in [0, 0.1) is 0 Å². The van der Waals surface area contributed by atoms with Crippen molar-refractivity contribution in [1.29, 1.82) is 0 Å². The monoisotopic (exact) mass is 309 g/mol. The van der Waals surface area contributed by atoms with Crippen LogP contribution in [0.2, 0.25) is 0 Å². The molecule has 3 aromatic rings. The summed E-state index contributed by atoms with van der Waals surface area (Å²) in [6.07, 6.45) is 0. The van der Waals surface area contributed by atoms with E-state index in [1.165, 1.54) is 24.3 Å². The number of rotatable bonds is 3. The Kier molecular flexibility index (Phi) is 3.42. The zero-order chi connectivity index (χ0) is 16.6. The molecule has 0 saturated heterocycles. The highest BCUT2D eigenvalue weighted by Gasteiger charge is 2.20. The minimum atomic E-state index is -1.12. The van der Waals surface area contributed by atoms with Crippen molar-refractivity contribution < 1.29 is 19.8 Å². The molecule has 1 aromatic heterocycles. The van der Waals surface area contributed by atoms with Crippen molar-refractivity contribution in [2.24, 2.45) is 0 Å². The number of fused-ring (bicyclic) bond motifs is 1. The minimum Gasteiger partial charge on any atom is -0.506 e. The van der Waals surface area contributed by atoms with Crippen molar-refractivity contribution in [2.75, 3.05) is 0 Å². The predicted octanol–water partition coefficient (Wildman–Crippen LogP) is 2.16. The summed E-state index contributed by atoms with van der Waals surface area (Å²) in [5.74, 6) is -2.18. The summed E-state index contributed by atoms with van der Waals surface area (Å²) >= 11 is 0. The van der Waals surface area contributed by atoms with Crippen LogP contribution in [-0.4, -0.2) is 26.9 Å². The minimum absolute atomic E-state index is 0.0261. The first kappa shape index (κ1) is 14.5. The maximum Gasteiger partial charge on any atom is 0.335 e. The van der Waals surface area contributed by atoms with Gasteiger partial charge in [0.25, 0.3) is 5.56 Å². The molecule has 23 heavy (non-hydrogen) atoms. The Balaban J connectivity index is 2.14. The fourth-order valence-electron chi connectivity index (χ4n) is 2.34. The van der Waals surface area contributed by atoms with Gasteiger partial charge in [-0.15, -0.1) is 0 Å². The molecule has 3 N–H and O–H groups in total. The zero-order valence-corrected chi connectivity index (χ0v) is 11.7. The number of nitrogens with one attached hydrogen (secondary N) is 1. The van der Waals surface area contributed by atoms with Crippen molar-refractivity contribution in [3.05, 3.63) is 75.6 Å². The molecule has 6 nitrogen and oxygen atoms in total. The molecule has 3 rings (SSSR count). The standard InChI is InChI=1S/C17H11NO5/c19-14(9-5-7-10(8-6-9)17(22)23)13-15(20)11-3-1-2-4-12(11)18-16(13)21/h1-8H,(H,22,23)(H2,18,20,21). The van der Waals surface area contributed by atoms with Crippen molar-refractivity contribution in [3.63, 3.8) is 0 Å². The molecule has 0 atom stereocenters. The number of carbonyl (C=O) groups excluding carboxylic acids is 1. The van der Waals surface area contributed by atoms with E-state index >= 15 is 0 Å². The molecule has 0 fully saturated rings. The summed E-state index contributed by atoms with van der Waals surface area (Å²) in [5.41, 5.74) is -0.502. The summed E-state index contributed by atoms with van der Waals surface area (Å²) in [5, 5.41) is 19.5. The average Bonchev–Trinajstić information content (AvgIpc) is 2.54. The number of carbonyl (C=O) groups is 2. The lowest BCUT2D eigenvalue weighted by molar-refractivity contribution is 0.0696. The fraction of sp³-hybridized carbons (Fsp3) is 0. The summed E-state index contributed by atoms with van der Waals surface area (Å²) in [6, 6.07) is 11.7. The fourth-order valence-corrected chi connectivity index (χ4v) is 2.34. The molecule has 2 aromatic carbocycles. The summed E-state index contributed by atoms with van der Waals surface area (Å²) in [6.45, 7) is 0. The Morgan fingerprint density at radius 3 is 2.17 bits per heavy atom. The second-order valence-corrected chi connectivity index (χ2v) is 4.93. The van der Waals surface area contributed by atoms with Crippen LogP contribution in [0.4, 0.5) is 0 Å². The number of aromatic amines is 1. The number of carboxylic acids is 1. The van der Waals surface area contributed by atoms with Crippen LogP contribution in [0.5, 0.6) is 5.75 Å². The Bertz CT molecular complexity index is 986. The zero-order valence-electron chi connectivity index (χ0n) is 11.7. The van der Waals surface area contributed by atoms with Gasteiger partial charge in [-0.25, -0.2) is 4.79 Å². The molecular formula is C17H11NO5. The summed E-state index contributed by atoms with van der Waals surface area (Å²) < 4.78 is 0. The number of aromatic hydroxyl groups is 1. The lowest BCUT2D eigenvalue weighted by atomic mass is 10.0. The summed E-state index contributed by atoms with van der Waals surface area (Å²) in [4.78, 5) is 38.0. The molecule has 1 heterocycles. The molecule has 0 amide bonds. The van der Waals surface area contributed by atoms with E-state index in [1.54, 1.807) is 24.3 Å². The van der Waals surface area contributed by atoms with Gasteiger partial charge in [0.1, 0.15) is 11.3 Å². The number of hydrogen-bond acceptors (Lipinski definition) is 4. The Hall–Kier alpha value is -3.41. The first-order chi connectivity index (χ1) is 11.0. The maximum absolute atomic E-state index is 12.5. The smallest absolute Gasteiger partial charge is 0.335 e. The highest BCUT2D eigenvalue weighted by atomic mass is 16.4. The molecule has 0 aliphatic rings. The van der Waals surface area contributed by atoms with Gasteiger partial charge in [-0.2, -0.15) is 0 Å². The normalized spacial score (nSPS) is 10.6. The lowest BCUT2D eigenvalue weighted by Gasteiger charge is -2.07. The van der Waals surface area contributed by atoms with Crippen molar-refractivity contribution in [2.45, 2.75) is 0 Å². The van der Waals surface area contributed by atoms with Gasteiger partial charge in [0.05, 0.1) is 11.1 Å². The van der Waals surface area contributed by atoms with E-state index in [-0.39, 0.29) is 16.7 Å². The number of H-pyrrole nitrogens is 1. The van der Waals surface area contributed by atoms with E-state index in [1.807, 2.05) is 0 Å². The molecule has 6 heteroatoms. The highest BCUT2D eigenvalue weighted by Crippen LogP contribution is 2.26. The van der Waals surface area contributed by atoms with Crippen LogP contribution in [0.1, 0.15) is 26.3 Å². The third-order valence-corrected chi connectivity index (χ3v) is 3.52. The molecule has 0 aliphatic heterocycles. The van der Waals surface area contributed by atoms with Gasteiger partial charge >= 0.3 is 5.97 Å². The number of benzene rings is 2. The van der Waals surface area contributed by atoms with Gasteiger partial charge in [0.2, 0.25) is 5.78 Å². The first-order valence-electron chi connectivity index (χ1n) is 6.71. The average molecular weight is 309 g/mol. The Morgan fingerprint density at radius 2 is 1.52 bits per heavy atom. The highest BCUT2D eigenvalue weighted by molar-refractivity contribution is 6.13. The van der Waals surface area contributed by atoms with E-state index < -0.39 is 23.1 Å². The molecule has 0 aliphatic carbocycles. The molecule has 0 saturated carbocycles. The topological polar surface area (TPSA) is 107 Å². The first-order valence-corrected chi connectivity index (χ1v) is 6.71. The largest absolute Gasteiger partial charge is 0.506 e. The Labute approximate surface area is 129 Å². The van der Waals surface area contributed by atoms with Gasteiger partial charge in [-0.3, -0.25) is 9.59 Å². The van der Waals surface area contributed by atoms with Crippen molar-refractivity contribution in [3.8, 4) is 5.75 Å². The second kappa shape index (κ2) is 5.42. The Morgan fingerprint density at radius 1 is 0.913 bits per heavy atom. The van der Waals surface area contributed by atoms with Crippen LogP contribution in [0.3, 0.4) is 0 Å². The molecule has 114 valence electrons. The predicted molar refractivity (Wildman–Crippen MR) is 83.1 cm³/mol. The lowest BCUT2D eigenvalue weighted by Crippen LogP contribution is -2.19. The van der Waals surface area contributed by atoms with E-state index in [4.69, 9.17) is 5.11 Å². The van der Waals surface area contributed by atoms with Crippen molar-refractivity contribution >= 4 is 22.7 Å². The molecule has 0 radical (unpaired) electrons. The molecular weight excluding hydrogens is 298 g/mol. The van der Waals surface area contributed by atoms with Crippen molar-refractivity contribution in [1.82, 2.24) is 4.98 Å². The van der Waals surface area contributed by atoms with Crippen LogP contribution >= 0.6 is 0 Å². The molecule has 0 unspecified atom stereocenters. The quantitative estimate of drug-likeness (QED) is 0.643. The number of ketones is 1. The van der Waals surface area contributed by atoms with Gasteiger partial charge in [0, 0.05) is 10.9 Å². The second-order valence-electron chi connectivity index (χ2n) is 4.93. The van der Waals surface area contributed by atoms with E-state index in [9.17, 15) is 19.5 Å². The van der Waals surface area contributed by atoms with Gasteiger partial charge < -0.3 is 15.2 Å². The third kappa shape index (κ3) is 2.46. The third-order valence-electron chi connectivity index (χ3n) is 3.52. The SMILES string of the molecule is O=C(O)c1ccc(C(=O)c2c(O)c3ccccc3[nH]c2=O)cc1. The number of aromatic carboxylic acids is 1. The van der Waals surface area contributed by atoms with E-state index in [0.29, 0.717) is 10.9 Å². The van der Waals surface area contributed by atoms with Gasteiger partial charge in [-0.05, 0) is 24.3 Å². The number of para-hydroxylation sites is 1. The van der Waals surface area contributed by atoms with Crippen LogP contribution in [-0.2, 0) is 0 Å². The van der Waals surface area contributed by atoms with Gasteiger partial charge in [-0.1, -0.05) is 24.3 Å². The number of hydrogen-bond donors (Lipinski definition) is 3. The summed E-state index contributed by atoms with van der Waals surface area (Å²) in [7, 11) is 0. The maximum atomic E-state index is 12.5. The van der Waals surface area contributed by atoms with Crippen LogP contribution in [0.25, 0.3) is 10.9 Å². The molecule has 0 bridgehead atoms. The number of aromatic nitrogens is 1. The van der Waals surface area contributed by atoms with Gasteiger partial charge in [0.15, 0.2) is 0 Å².